The molecule has 0 spiro atoms. The van der Waals surface area contributed by atoms with Gasteiger partial charge in [0.15, 0.2) is 6.29 Å². The molecule has 1 rings (SSSR count). The van der Waals surface area contributed by atoms with Gasteiger partial charge in [-0.25, -0.2) is 0 Å². The standard InChI is InChI=1S/C28H52O9/c1-3-5-7-8-9-10-11-12-13-14-15-16-18-34-20-22(36-24(30)17-6-4-2)21-35-28-27(33)26(32)25(31)23(19-29)37-28/h8-9,22-23,25-29,31-33H,3-7,10-21H2,1-2H3/b9-8-. The van der Waals surface area contributed by atoms with Gasteiger partial charge in [-0.05, 0) is 32.1 Å². The molecule has 0 bridgehead atoms. The average Bonchev–Trinajstić information content (AvgIpc) is 2.90. The highest BCUT2D eigenvalue weighted by atomic mass is 16.7. The van der Waals surface area contributed by atoms with E-state index in [0.717, 1.165) is 32.1 Å². The summed E-state index contributed by atoms with van der Waals surface area (Å²) in [4.78, 5) is 12.1. The van der Waals surface area contributed by atoms with Crippen LogP contribution in [0.25, 0.3) is 0 Å². The minimum Gasteiger partial charge on any atom is -0.457 e. The molecule has 0 amide bonds. The van der Waals surface area contributed by atoms with Crippen LogP contribution in [-0.4, -0.2) is 89.6 Å². The number of aliphatic hydroxyl groups is 4. The smallest absolute Gasteiger partial charge is 0.306 e. The number of esters is 1. The van der Waals surface area contributed by atoms with E-state index in [2.05, 4.69) is 19.1 Å². The van der Waals surface area contributed by atoms with Crippen LogP contribution in [0, 0.1) is 0 Å². The Morgan fingerprint density at radius 3 is 2.16 bits per heavy atom. The number of unbranched alkanes of at least 4 members (excludes halogenated alkanes) is 9. The van der Waals surface area contributed by atoms with E-state index in [0.29, 0.717) is 13.0 Å². The Balaban J connectivity index is 2.30. The van der Waals surface area contributed by atoms with Gasteiger partial charge in [0.25, 0.3) is 0 Å². The lowest BCUT2D eigenvalue weighted by Gasteiger charge is -2.39. The third-order valence-corrected chi connectivity index (χ3v) is 6.43. The van der Waals surface area contributed by atoms with Crippen molar-refractivity contribution in [3.63, 3.8) is 0 Å². The van der Waals surface area contributed by atoms with Gasteiger partial charge in [-0.2, -0.15) is 0 Å². The predicted octanol–water partition coefficient (Wildman–Crippen LogP) is 3.40. The second-order valence-electron chi connectivity index (χ2n) is 9.84. The van der Waals surface area contributed by atoms with E-state index in [1.54, 1.807) is 0 Å². The summed E-state index contributed by atoms with van der Waals surface area (Å²) in [7, 11) is 0. The average molecular weight is 533 g/mol. The lowest BCUT2D eigenvalue weighted by atomic mass is 9.99. The molecule has 1 saturated heterocycles. The molecule has 9 nitrogen and oxygen atoms in total. The molecule has 4 N–H and O–H groups in total. The van der Waals surface area contributed by atoms with E-state index in [4.69, 9.17) is 18.9 Å². The fourth-order valence-electron chi connectivity index (χ4n) is 4.04. The summed E-state index contributed by atoms with van der Waals surface area (Å²) in [6, 6.07) is 0. The van der Waals surface area contributed by atoms with Gasteiger partial charge in [-0.1, -0.05) is 70.9 Å². The van der Waals surface area contributed by atoms with Gasteiger partial charge in [-0.15, -0.1) is 0 Å². The zero-order valence-electron chi connectivity index (χ0n) is 23.0. The van der Waals surface area contributed by atoms with Crippen molar-refractivity contribution >= 4 is 5.97 Å². The molecular formula is C28H52O9. The van der Waals surface area contributed by atoms with Crippen LogP contribution in [0.4, 0.5) is 0 Å². The minimum absolute atomic E-state index is 0.118. The molecule has 0 radical (unpaired) electrons. The fraction of sp³-hybridized carbons (Fsp3) is 0.893. The molecular weight excluding hydrogens is 480 g/mol. The maximum Gasteiger partial charge on any atom is 0.306 e. The summed E-state index contributed by atoms with van der Waals surface area (Å²) in [6.07, 6.45) is 10.7. The highest BCUT2D eigenvalue weighted by molar-refractivity contribution is 5.69. The summed E-state index contributed by atoms with van der Waals surface area (Å²) in [6.45, 7) is 4.22. The fourth-order valence-corrected chi connectivity index (χ4v) is 4.04. The first-order chi connectivity index (χ1) is 17.9. The van der Waals surface area contributed by atoms with Crippen LogP contribution in [0.1, 0.15) is 97.3 Å². The minimum atomic E-state index is -1.53. The number of carbonyl (C=O) groups is 1. The maximum atomic E-state index is 12.1. The van der Waals surface area contributed by atoms with Crippen molar-refractivity contribution in [2.45, 2.75) is 134 Å². The molecule has 0 aromatic rings. The molecule has 0 saturated carbocycles. The Labute approximate surface area is 223 Å². The molecule has 9 heteroatoms. The van der Waals surface area contributed by atoms with E-state index < -0.39 is 43.4 Å². The summed E-state index contributed by atoms with van der Waals surface area (Å²) >= 11 is 0. The molecule has 0 aliphatic carbocycles. The van der Waals surface area contributed by atoms with Gasteiger partial charge in [-0.3, -0.25) is 4.79 Å². The van der Waals surface area contributed by atoms with Crippen molar-refractivity contribution in [2.75, 3.05) is 26.4 Å². The quantitative estimate of drug-likeness (QED) is 0.0940. The zero-order valence-corrected chi connectivity index (χ0v) is 23.0. The van der Waals surface area contributed by atoms with Crippen molar-refractivity contribution in [3.8, 4) is 0 Å². The number of rotatable bonds is 22. The first-order valence-corrected chi connectivity index (χ1v) is 14.3. The molecule has 1 heterocycles. The molecule has 6 unspecified atom stereocenters. The molecule has 6 atom stereocenters. The van der Waals surface area contributed by atoms with Crippen LogP contribution in [0.5, 0.6) is 0 Å². The number of hydrogen-bond donors (Lipinski definition) is 4. The van der Waals surface area contributed by atoms with Gasteiger partial charge in [0.2, 0.25) is 0 Å². The number of carbonyl (C=O) groups excluding carboxylic acids is 1. The summed E-state index contributed by atoms with van der Waals surface area (Å²) < 4.78 is 22.2. The van der Waals surface area contributed by atoms with E-state index in [1.165, 1.54) is 44.9 Å². The lowest BCUT2D eigenvalue weighted by Crippen LogP contribution is -2.59. The van der Waals surface area contributed by atoms with E-state index in [1.807, 2.05) is 6.92 Å². The molecule has 0 aromatic carbocycles. The van der Waals surface area contributed by atoms with Gasteiger partial charge >= 0.3 is 5.97 Å². The number of hydrogen-bond acceptors (Lipinski definition) is 9. The molecule has 37 heavy (non-hydrogen) atoms. The molecule has 1 fully saturated rings. The molecule has 1 aliphatic heterocycles. The normalized spacial score (nSPS) is 25.0. The van der Waals surface area contributed by atoms with E-state index >= 15 is 0 Å². The van der Waals surface area contributed by atoms with Crippen LogP contribution >= 0.6 is 0 Å². The van der Waals surface area contributed by atoms with Gasteiger partial charge in [0.1, 0.15) is 30.5 Å². The summed E-state index contributed by atoms with van der Waals surface area (Å²) in [5.74, 6) is -0.354. The van der Waals surface area contributed by atoms with Gasteiger partial charge in [0, 0.05) is 13.0 Å². The SMILES string of the molecule is CCCC/C=C\CCCCCCCCOCC(COC1OC(CO)C(O)C(O)C1O)OC(=O)CCCC. The third kappa shape index (κ3) is 15.2. The van der Waals surface area contributed by atoms with E-state index in [-0.39, 0.29) is 19.2 Å². The molecule has 218 valence electrons. The van der Waals surface area contributed by atoms with Crippen LogP contribution in [0.3, 0.4) is 0 Å². The van der Waals surface area contributed by atoms with Gasteiger partial charge in [0.05, 0.1) is 19.8 Å². The number of ether oxygens (including phenoxy) is 4. The molecule has 1 aliphatic rings. The predicted molar refractivity (Wildman–Crippen MR) is 141 cm³/mol. The van der Waals surface area contributed by atoms with Crippen LogP contribution in [-0.2, 0) is 23.7 Å². The number of aliphatic hydroxyl groups excluding tert-OH is 4. The highest BCUT2D eigenvalue weighted by Gasteiger charge is 2.44. The zero-order chi connectivity index (χ0) is 27.3. The first kappa shape index (κ1) is 34.0. The highest BCUT2D eigenvalue weighted by Crippen LogP contribution is 2.22. The van der Waals surface area contributed by atoms with Crippen LogP contribution < -0.4 is 0 Å². The number of allylic oxidation sites excluding steroid dienone is 2. The maximum absolute atomic E-state index is 12.1. The first-order valence-electron chi connectivity index (χ1n) is 14.3. The summed E-state index contributed by atoms with van der Waals surface area (Å²) in [5, 5.41) is 39.3. The largest absolute Gasteiger partial charge is 0.457 e. The topological polar surface area (TPSA) is 135 Å². The van der Waals surface area contributed by atoms with Crippen LogP contribution in [0.2, 0.25) is 0 Å². The van der Waals surface area contributed by atoms with Crippen molar-refractivity contribution in [1.82, 2.24) is 0 Å². The van der Waals surface area contributed by atoms with Crippen molar-refractivity contribution in [3.05, 3.63) is 12.2 Å². The lowest BCUT2D eigenvalue weighted by molar-refractivity contribution is -0.305. The Morgan fingerprint density at radius 1 is 0.838 bits per heavy atom. The second-order valence-corrected chi connectivity index (χ2v) is 9.84. The monoisotopic (exact) mass is 532 g/mol. The Hall–Kier alpha value is -1.07. The Morgan fingerprint density at radius 2 is 1.49 bits per heavy atom. The summed E-state index contributed by atoms with van der Waals surface area (Å²) in [5.41, 5.74) is 0. The van der Waals surface area contributed by atoms with Crippen molar-refractivity contribution < 1.29 is 44.2 Å². The third-order valence-electron chi connectivity index (χ3n) is 6.43. The Kier molecular flexibility index (Phi) is 20.0. The van der Waals surface area contributed by atoms with Crippen molar-refractivity contribution in [1.29, 1.82) is 0 Å². The van der Waals surface area contributed by atoms with Gasteiger partial charge < -0.3 is 39.4 Å². The molecule has 0 aromatic heterocycles. The second kappa shape index (κ2) is 21.8. The van der Waals surface area contributed by atoms with E-state index in [9.17, 15) is 25.2 Å². The van der Waals surface area contributed by atoms with Crippen LogP contribution in [0.15, 0.2) is 12.2 Å². The Bertz CT molecular complexity index is 584. The van der Waals surface area contributed by atoms with Crippen molar-refractivity contribution in [2.24, 2.45) is 0 Å².